The average Bonchev–Trinajstić information content (AvgIpc) is 2.65. The fourth-order valence-electron chi connectivity index (χ4n) is 1.45. The quantitative estimate of drug-likeness (QED) is 0.854. The van der Waals surface area contributed by atoms with E-state index in [-0.39, 0.29) is 18.3 Å². The summed E-state index contributed by atoms with van der Waals surface area (Å²) in [7, 11) is 0. The molecule has 0 spiro atoms. The molecule has 4 nitrogen and oxygen atoms in total. The van der Waals surface area contributed by atoms with E-state index in [0.29, 0.717) is 10.4 Å². The lowest BCUT2D eigenvalue weighted by Gasteiger charge is -2.26. The molecule has 0 aliphatic carbocycles. The molecule has 0 saturated carbocycles. The van der Waals surface area contributed by atoms with Crippen molar-refractivity contribution in [3.63, 3.8) is 0 Å². The van der Waals surface area contributed by atoms with Gasteiger partial charge in [0.15, 0.2) is 10.4 Å². The first-order valence-electron chi connectivity index (χ1n) is 4.53. The van der Waals surface area contributed by atoms with Crippen molar-refractivity contribution in [3.05, 3.63) is 22.6 Å². The fraction of sp³-hybridized carbons (Fsp3) is 0.444. The molecule has 1 aromatic rings. The zero-order valence-corrected chi connectivity index (χ0v) is 10.4. The molecule has 1 saturated heterocycles. The first kappa shape index (κ1) is 12.5. The van der Waals surface area contributed by atoms with Crippen LogP contribution in [0.3, 0.4) is 0 Å². The smallest absolute Gasteiger partial charge is 0.289 e. The van der Waals surface area contributed by atoms with E-state index in [1.165, 1.54) is 0 Å². The van der Waals surface area contributed by atoms with Gasteiger partial charge in [-0.2, -0.15) is 0 Å². The number of piperazine rings is 1. The molecule has 1 aliphatic heterocycles. The van der Waals surface area contributed by atoms with Gasteiger partial charge in [-0.25, -0.2) is 0 Å². The SMILES string of the molecule is Cl.O=C(c1ccc(Br)o1)N1CCNCC1. The van der Waals surface area contributed by atoms with E-state index in [1.807, 2.05) is 0 Å². The van der Waals surface area contributed by atoms with E-state index in [2.05, 4.69) is 21.2 Å². The second kappa shape index (κ2) is 5.53. The molecule has 1 aromatic heterocycles. The average molecular weight is 296 g/mol. The van der Waals surface area contributed by atoms with E-state index in [4.69, 9.17) is 4.42 Å². The maximum absolute atomic E-state index is 11.8. The van der Waals surface area contributed by atoms with Crippen molar-refractivity contribution in [2.45, 2.75) is 0 Å². The molecule has 0 atom stereocenters. The molecule has 0 aromatic carbocycles. The minimum Gasteiger partial charge on any atom is -0.444 e. The van der Waals surface area contributed by atoms with Crippen LogP contribution in [0.15, 0.2) is 21.2 Å². The number of carbonyl (C=O) groups excluding carboxylic acids is 1. The number of hydrogen-bond acceptors (Lipinski definition) is 3. The lowest BCUT2D eigenvalue weighted by Crippen LogP contribution is -2.46. The number of nitrogens with zero attached hydrogens (tertiary/aromatic N) is 1. The summed E-state index contributed by atoms with van der Waals surface area (Å²) in [5.74, 6) is 0.371. The number of hydrogen-bond donors (Lipinski definition) is 1. The minimum absolute atomic E-state index is 0. The highest BCUT2D eigenvalue weighted by Crippen LogP contribution is 2.15. The number of nitrogens with one attached hydrogen (secondary N) is 1. The Labute approximate surface area is 103 Å². The number of rotatable bonds is 1. The van der Waals surface area contributed by atoms with Crippen molar-refractivity contribution >= 4 is 34.2 Å². The molecule has 1 amide bonds. The standard InChI is InChI=1S/C9H11BrN2O2.ClH/c10-8-2-1-7(14-8)9(13)12-5-3-11-4-6-12;/h1-2,11H,3-6H2;1H. The second-order valence-electron chi connectivity index (χ2n) is 3.15. The van der Waals surface area contributed by atoms with Crippen molar-refractivity contribution in [2.24, 2.45) is 0 Å². The predicted molar refractivity (Wildman–Crippen MR) is 62.4 cm³/mol. The first-order chi connectivity index (χ1) is 6.77. The van der Waals surface area contributed by atoms with E-state index < -0.39 is 0 Å². The first-order valence-corrected chi connectivity index (χ1v) is 5.32. The summed E-state index contributed by atoms with van der Waals surface area (Å²) in [6.07, 6.45) is 0. The number of halogens is 2. The summed E-state index contributed by atoms with van der Waals surface area (Å²) < 4.78 is 5.80. The van der Waals surface area contributed by atoms with Crippen molar-refractivity contribution < 1.29 is 9.21 Å². The Morgan fingerprint density at radius 1 is 1.40 bits per heavy atom. The Hall–Kier alpha value is -0.520. The summed E-state index contributed by atoms with van der Waals surface area (Å²) in [6, 6.07) is 3.42. The van der Waals surface area contributed by atoms with Crippen LogP contribution < -0.4 is 5.32 Å². The lowest BCUT2D eigenvalue weighted by atomic mass is 10.3. The van der Waals surface area contributed by atoms with Crippen LogP contribution >= 0.6 is 28.3 Å². The number of amides is 1. The van der Waals surface area contributed by atoms with Gasteiger partial charge >= 0.3 is 0 Å². The fourth-order valence-corrected chi connectivity index (χ4v) is 1.76. The molecule has 84 valence electrons. The normalized spacial score (nSPS) is 15.9. The highest BCUT2D eigenvalue weighted by atomic mass is 79.9. The van der Waals surface area contributed by atoms with Crippen LogP contribution in [0.2, 0.25) is 0 Å². The summed E-state index contributed by atoms with van der Waals surface area (Å²) in [5, 5.41) is 3.19. The monoisotopic (exact) mass is 294 g/mol. The zero-order chi connectivity index (χ0) is 9.97. The van der Waals surface area contributed by atoms with Gasteiger partial charge in [0, 0.05) is 26.2 Å². The predicted octanol–water partition coefficient (Wildman–Crippen LogP) is 1.51. The van der Waals surface area contributed by atoms with E-state index in [1.54, 1.807) is 17.0 Å². The van der Waals surface area contributed by atoms with E-state index in [0.717, 1.165) is 26.2 Å². The Balaban J connectivity index is 0.00000112. The van der Waals surface area contributed by atoms with Gasteiger partial charge in [0.05, 0.1) is 0 Å². The van der Waals surface area contributed by atoms with Crippen molar-refractivity contribution in [1.82, 2.24) is 10.2 Å². The summed E-state index contributed by atoms with van der Waals surface area (Å²) in [4.78, 5) is 13.6. The molecule has 0 bridgehead atoms. The Morgan fingerprint density at radius 3 is 2.60 bits per heavy atom. The molecule has 1 N–H and O–H groups in total. The van der Waals surface area contributed by atoms with Gasteiger partial charge in [-0.3, -0.25) is 4.79 Å². The molecule has 15 heavy (non-hydrogen) atoms. The van der Waals surface area contributed by atoms with Crippen LogP contribution in [-0.4, -0.2) is 37.0 Å². The van der Waals surface area contributed by atoms with Crippen LogP contribution in [0, 0.1) is 0 Å². The zero-order valence-electron chi connectivity index (χ0n) is 8.03. The van der Waals surface area contributed by atoms with Crippen LogP contribution in [0.1, 0.15) is 10.6 Å². The number of furan rings is 1. The molecule has 0 unspecified atom stereocenters. The summed E-state index contributed by atoms with van der Waals surface area (Å²) in [5.41, 5.74) is 0. The highest BCUT2D eigenvalue weighted by Gasteiger charge is 2.20. The minimum atomic E-state index is -0.0304. The summed E-state index contributed by atoms with van der Waals surface area (Å²) >= 11 is 3.17. The van der Waals surface area contributed by atoms with Crippen LogP contribution in [0.4, 0.5) is 0 Å². The molecular formula is C9H12BrClN2O2. The molecule has 6 heteroatoms. The molecular weight excluding hydrogens is 283 g/mol. The lowest BCUT2D eigenvalue weighted by molar-refractivity contribution is 0.0702. The molecule has 2 rings (SSSR count). The number of carbonyl (C=O) groups is 1. The van der Waals surface area contributed by atoms with E-state index in [9.17, 15) is 4.79 Å². The Kier molecular flexibility index (Phi) is 4.63. The maximum Gasteiger partial charge on any atom is 0.289 e. The summed E-state index contributed by atoms with van der Waals surface area (Å²) in [6.45, 7) is 3.20. The van der Waals surface area contributed by atoms with Crippen molar-refractivity contribution in [2.75, 3.05) is 26.2 Å². The van der Waals surface area contributed by atoms with Crippen LogP contribution in [0.5, 0.6) is 0 Å². The van der Waals surface area contributed by atoms with Crippen LogP contribution in [-0.2, 0) is 0 Å². The van der Waals surface area contributed by atoms with Gasteiger partial charge in [-0.15, -0.1) is 12.4 Å². The third-order valence-corrected chi connectivity index (χ3v) is 2.61. The van der Waals surface area contributed by atoms with Gasteiger partial charge in [0.25, 0.3) is 5.91 Å². The third kappa shape index (κ3) is 2.96. The van der Waals surface area contributed by atoms with Gasteiger partial charge in [0.1, 0.15) is 0 Å². The maximum atomic E-state index is 11.8. The van der Waals surface area contributed by atoms with Gasteiger partial charge in [-0.05, 0) is 28.1 Å². The van der Waals surface area contributed by atoms with Crippen LogP contribution in [0.25, 0.3) is 0 Å². The Morgan fingerprint density at radius 2 is 2.07 bits per heavy atom. The molecule has 2 heterocycles. The van der Waals surface area contributed by atoms with E-state index >= 15 is 0 Å². The second-order valence-corrected chi connectivity index (χ2v) is 3.93. The molecule has 1 fully saturated rings. The van der Waals surface area contributed by atoms with Gasteiger partial charge in [-0.1, -0.05) is 0 Å². The van der Waals surface area contributed by atoms with Gasteiger partial charge < -0.3 is 14.6 Å². The third-order valence-electron chi connectivity index (χ3n) is 2.19. The van der Waals surface area contributed by atoms with Crippen molar-refractivity contribution in [3.8, 4) is 0 Å². The highest BCUT2D eigenvalue weighted by molar-refractivity contribution is 9.10. The topological polar surface area (TPSA) is 45.5 Å². The Bertz CT molecular complexity index is 337. The molecule has 1 aliphatic rings. The van der Waals surface area contributed by atoms with Gasteiger partial charge in [0.2, 0.25) is 0 Å². The van der Waals surface area contributed by atoms with Crippen molar-refractivity contribution in [1.29, 1.82) is 0 Å². The molecule has 0 radical (unpaired) electrons. The largest absolute Gasteiger partial charge is 0.444 e.